The minimum absolute atomic E-state index is 0. The van der Waals surface area contributed by atoms with E-state index in [9.17, 15) is 18.4 Å². The number of carbonyl (C=O) groups is 2. The first-order valence-electron chi connectivity index (χ1n) is 22.9. The van der Waals surface area contributed by atoms with Crippen molar-refractivity contribution in [3.63, 3.8) is 0 Å². The molecule has 10 rings (SSSR count). The summed E-state index contributed by atoms with van der Waals surface area (Å²) in [5.74, 6) is -1.70. The Hall–Kier alpha value is -6.11. The van der Waals surface area contributed by atoms with Gasteiger partial charge in [0.15, 0.2) is 23.3 Å². The van der Waals surface area contributed by atoms with E-state index in [0.29, 0.717) is 5.95 Å². The number of anilines is 7. The number of nitrogens with zero attached hydrogens (tertiary/aromatic N) is 8. The van der Waals surface area contributed by atoms with Crippen molar-refractivity contribution >= 4 is 63.7 Å². The third kappa shape index (κ3) is 11.2. The molecule has 68 heavy (non-hydrogen) atoms. The summed E-state index contributed by atoms with van der Waals surface area (Å²) in [6.45, 7) is 12.8. The van der Waals surface area contributed by atoms with Crippen molar-refractivity contribution in [3.05, 3.63) is 101 Å². The zero-order valence-electron chi connectivity index (χ0n) is 38.4. The Morgan fingerprint density at radius 2 is 1.12 bits per heavy atom. The smallest absolute Gasteiger partial charge is 0.229 e. The third-order valence-electron chi connectivity index (χ3n) is 14.0. The summed E-state index contributed by atoms with van der Waals surface area (Å²) in [6, 6.07) is 11.8. The van der Waals surface area contributed by atoms with Crippen molar-refractivity contribution in [1.29, 1.82) is 0 Å². The number of allylic oxidation sites excluding steroid dienone is 2. The van der Waals surface area contributed by atoms with Gasteiger partial charge in [-0.25, -0.2) is 18.7 Å². The van der Waals surface area contributed by atoms with E-state index in [2.05, 4.69) is 108 Å². The number of benzene rings is 2. The molecule has 0 radical (unpaired) electrons. The molecule has 0 unspecified atom stereocenters. The number of hydrogen-bond donors (Lipinski definition) is 6. The maximum atomic E-state index is 14.5. The lowest BCUT2D eigenvalue weighted by molar-refractivity contribution is -0.123. The normalized spacial score (nSPS) is 25.8. The molecule has 2 saturated carbocycles. The number of aromatic nitrogens is 4. The summed E-state index contributed by atoms with van der Waals surface area (Å²) < 4.78 is 28.1. The average Bonchev–Trinajstić information content (AvgIpc) is 4.11. The van der Waals surface area contributed by atoms with E-state index >= 15 is 0 Å². The van der Waals surface area contributed by atoms with Crippen molar-refractivity contribution in [3.8, 4) is 0 Å². The predicted molar refractivity (Wildman–Crippen MR) is 267 cm³/mol. The minimum Gasteiger partial charge on any atom is -0.399 e. The number of primary amides is 2. The van der Waals surface area contributed by atoms with Gasteiger partial charge in [0.25, 0.3) is 0 Å². The fourth-order valence-electron chi connectivity index (χ4n) is 10.5. The number of aryl methyl sites for hydroxylation is 2. The number of hydrogen-bond acceptors (Lipinski definition) is 14. The standard InChI is InChI=1S/C24H30FN7O.C12H12ClFN4O.C12H19N3.CH4/c1-14-11-17(5-6-19(14)32-9-7-31(2)8-10-32)28-24-27-13-18(25)23(30-24)29-21-16-4-3-15(12-16)20(21)22(26)33;13-12-16-4-7(14)11(18-12)17-9-6-2-1-5(3-6)8(9)10(15)19;1-10-9-11(13)3-4-12(10)15-7-5-14(2)6-8-15;/h3-6,11,13,15-16,20-21H,7-10,12H2,1-2H3,(H2,26,33)(H2,27,28,29,30);1-2,4-6,8-9H,3H2,(H2,15,19)(H,16,17,18);3-4,9H,5-8,13H2,1-2H3;1H4/t15-,16+,20+,21-;5-,6+,8+,9-;;/m11../s1. The molecule has 0 spiro atoms. The molecule has 4 fully saturated rings. The van der Waals surface area contributed by atoms with E-state index in [1.807, 2.05) is 36.4 Å². The fourth-order valence-corrected chi connectivity index (χ4v) is 10.6. The molecule has 2 aliphatic heterocycles. The SMILES string of the molecule is C.Cc1cc(N)ccc1N1CCN(C)CC1.Cc1cc(Nc2ncc(F)c(N[C@H]3[C@@H](C(N)=O)[C@@H]4C=C[C@H]3C4)n2)ccc1N1CCN(C)CC1.NC(=O)[C@@H]1[C@H](Nc2nc(Cl)ncc2F)[C@H]2C=C[C@@H]1C2. The Kier molecular flexibility index (Phi) is 15.7. The van der Waals surface area contributed by atoms with E-state index in [4.69, 9.17) is 28.8 Å². The highest BCUT2D eigenvalue weighted by Gasteiger charge is 2.49. The maximum absolute atomic E-state index is 14.5. The van der Waals surface area contributed by atoms with Gasteiger partial charge in [0.1, 0.15) is 0 Å². The average molecular weight is 956 g/mol. The van der Waals surface area contributed by atoms with Crippen LogP contribution in [-0.2, 0) is 9.59 Å². The fraction of sp³-hybridized carbons (Fsp3) is 0.469. The molecule has 4 aromatic rings. The van der Waals surface area contributed by atoms with Crippen LogP contribution in [0.25, 0.3) is 0 Å². The summed E-state index contributed by atoms with van der Waals surface area (Å²) in [5, 5.41) is 9.22. The molecule has 4 heterocycles. The highest BCUT2D eigenvalue weighted by Crippen LogP contribution is 2.46. The Morgan fingerprint density at radius 1 is 0.662 bits per heavy atom. The van der Waals surface area contributed by atoms with Crippen LogP contribution in [0, 0.1) is 61.0 Å². The predicted octanol–water partition coefficient (Wildman–Crippen LogP) is 5.83. The number of fused-ring (bicyclic) bond motifs is 4. The van der Waals surface area contributed by atoms with Gasteiger partial charge in [-0.1, -0.05) is 31.7 Å². The monoisotopic (exact) mass is 955 g/mol. The molecule has 19 heteroatoms. The number of nitrogens with two attached hydrogens (primary N) is 3. The van der Waals surface area contributed by atoms with Crippen molar-refractivity contribution < 1.29 is 18.4 Å². The Bertz CT molecular complexity index is 2500. The second-order valence-corrected chi connectivity index (χ2v) is 18.9. The topological polar surface area (TPSA) is 213 Å². The molecule has 9 N–H and O–H groups in total. The van der Waals surface area contributed by atoms with Gasteiger partial charge in [-0.15, -0.1) is 0 Å². The summed E-state index contributed by atoms with van der Waals surface area (Å²) in [5.41, 5.74) is 23.5. The minimum atomic E-state index is -0.598. The number of piperazine rings is 2. The molecular weight excluding hydrogens is 890 g/mol. The van der Waals surface area contributed by atoms with E-state index in [1.165, 1.54) is 16.9 Å². The number of likely N-dealkylation sites (N-methyl/N-ethyl adjacent to an activating group) is 2. The quantitative estimate of drug-likeness (QED) is 0.0628. The molecule has 2 saturated heterocycles. The number of nitrogen functional groups attached to an aromatic ring is 1. The highest BCUT2D eigenvalue weighted by molar-refractivity contribution is 6.28. The maximum Gasteiger partial charge on any atom is 0.229 e. The van der Waals surface area contributed by atoms with Crippen molar-refractivity contribution in [2.45, 2.75) is 46.2 Å². The third-order valence-corrected chi connectivity index (χ3v) is 14.2. The van der Waals surface area contributed by atoms with Gasteiger partial charge in [0.05, 0.1) is 24.2 Å². The molecule has 8 atom stereocenters. The summed E-state index contributed by atoms with van der Waals surface area (Å²) >= 11 is 5.65. The highest BCUT2D eigenvalue weighted by atomic mass is 35.5. The van der Waals surface area contributed by atoms with Gasteiger partial charge in [-0.3, -0.25) is 9.59 Å². The molecule has 2 aromatic carbocycles. The zero-order valence-corrected chi connectivity index (χ0v) is 39.1. The molecular formula is C49H65ClF2N14O2. The van der Waals surface area contributed by atoms with Crippen LogP contribution in [0.15, 0.2) is 73.1 Å². The van der Waals surface area contributed by atoms with E-state index in [1.54, 1.807) is 0 Å². The molecule has 4 bridgehead atoms. The van der Waals surface area contributed by atoms with Gasteiger partial charge in [-0.05, 0) is 124 Å². The first-order chi connectivity index (χ1) is 32.1. The van der Waals surface area contributed by atoms with Crippen LogP contribution in [-0.4, -0.2) is 120 Å². The van der Waals surface area contributed by atoms with Gasteiger partial charge in [0, 0.05) is 87.2 Å². The molecule has 6 aliphatic rings. The lowest BCUT2D eigenvalue weighted by atomic mass is 9.88. The summed E-state index contributed by atoms with van der Waals surface area (Å²) in [4.78, 5) is 48.9. The number of nitrogens with one attached hydrogen (secondary N) is 3. The first-order valence-corrected chi connectivity index (χ1v) is 23.3. The van der Waals surface area contributed by atoms with Gasteiger partial charge >= 0.3 is 0 Å². The van der Waals surface area contributed by atoms with Gasteiger partial charge in [0.2, 0.25) is 23.0 Å². The summed E-state index contributed by atoms with van der Waals surface area (Å²) in [6.07, 6.45) is 12.0. The molecule has 16 nitrogen and oxygen atoms in total. The second-order valence-electron chi connectivity index (χ2n) is 18.6. The van der Waals surface area contributed by atoms with Gasteiger partial charge < -0.3 is 52.8 Å². The zero-order chi connectivity index (χ0) is 47.5. The van der Waals surface area contributed by atoms with Crippen LogP contribution in [0.1, 0.15) is 31.4 Å². The van der Waals surface area contributed by atoms with E-state index in [0.717, 1.165) is 94.5 Å². The van der Waals surface area contributed by atoms with Gasteiger partial charge in [-0.2, -0.15) is 9.97 Å². The largest absolute Gasteiger partial charge is 0.399 e. The molecule has 2 amide bonds. The van der Waals surface area contributed by atoms with Crippen LogP contribution < -0.4 is 43.0 Å². The van der Waals surface area contributed by atoms with Crippen LogP contribution in [0.3, 0.4) is 0 Å². The Labute approximate surface area is 402 Å². The van der Waals surface area contributed by atoms with Crippen molar-refractivity contribution in [2.75, 3.05) is 97.9 Å². The van der Waals surface area contributed by atoms with E-state index < -0.39 is 11.6 Å². The second kappa shape index (κ2) is 21.5. The number of halogens is 3. The molecule has 2 aromatic heterocycles. The number of carbonyl (C=O) groups excluding carboxylic acids is 2. The molecule has 4 aliphatic carbocycles. The van der Waals surface area contributed by atoms with Crippen LogP contribution in [0.4, 0.5) is 49.1 Å². The lowest BCUT2D eigenvalue weighted by Crippen LogP contribution is -2.44. The number of rotatable bonds is 10. The Morgan fingerprint density at radius 3 is 1.60 bits per heavy atom. The first kappa shape index (κ1) is 49.8. The van der Waals surface area contributed by atoms with Crippen LogP contribution in [0.2, 0.25) is 5.28 Å². The summed E-state index contributed by atoms with van der Waals surface area (Å²) in [7, 11) is 4.32. The van der Waals surface area contributed by atoms with Crippen molar-refractivity contribution in [1.82, 2.24) is 29.7 Å². The van der Waals surface area contributed by atoms with Crippen LogP contribution in [0.5, 0.6) is 0 Å². The Balaban J connectivity index is 0.000000165. The lowest BCUT2D eigenvalue weighted by Gasteiger charge is -2.35. The van der Waals surface area contributed by atoms with Crippen LogP contribution >= 0.6 is 11.6 Å². The molecule has 364 valence electrons. The van der Waals surface area contributed by atoms with E-state index in [-0.39, 0.29) is 83.8 Å². The number of amides is 2. The van der Waals surface area contributed by atoms with Crippen molar-refractivity contribution in [2.24, 2.45) is 47.0 Å².